The van der Waals surface area contributed by atoms with Crippen molar-refractivity contribution in [3.05, 3.63) is 63.0 Å². The number of hydrogen-bond acceptors (Lipinski definition) is 8. The van der Waals surface area contributed by atoms with Gasteiger partial charge in [0.05, 0.1) is 24.8 Å². The zero-order valence-electron chi connectivity index (χ0n) is 17.3. The second kappa shape index (κ2) is 9.55. The summed E-state index contributed by atoms with van der Waals surface area (Å²) in [6.45, 7) is 1.25. The topological polar surface area (TPSA) is 89.8 Å². The molecule has 1 N–H and O–H groups in total. The first-order chi connectivity index (χ1) is 14.4. The van der Waals surface area contributed by atoms with Gasteiger partial charge < -0.3 is 19.7 Å². The molecule has 0 amide bonds. The van der Waals surface area contributed by atoms with Gasteiger partial charge in [-0.2, -0.15) is 0 Å². The van der Waals surface area contributed by atoms with Crippen LogP contribution in [0.5, 0.6) is 11.5 Å². The largest absolute Gasteiger partial charge is 0.493 e. The summed E-state index contributed by atoms with van der Waals surface area (Å²) < 4.78 is 10.6. The number of thiazole rings is 1. The number of methoxy groups -OCH3 is 2. The molecule has 3 rings (SSSR count). The molecule has 1 aromatic heterocycles. The lowest BCUT2D eigenvalue weighted by Gasteiger charge is -2.10. The van der Waals surface area contributed by atoms with E-state index in [1.807, 2.05) is 43.3 Å². The quantitative estimate of drug-likeness (QED) is 0.399. The van der Waals surface area contributed by atoms with Crippen LogP contribution in [0.4, 0.5) is 10.8 Å². The molecular weight excluding hydrogens is 404 g/mol. The lowest BCUT2D eigenvalue weighted by Crippen LogP contribution is -2.10. The van der Waals surface area contributed by atoms with Crippen LogP contribution in [0.1, 0.15) is 10.4 Å². The predicted molar refractivity (Wildman–Crippen MR) is 118 cm³/mol. The van der Waals surface area contributed by atoms with E-state index in [0.717, 1.165) is 26.8 Å². The van der Waals surface area contributed by atoms with Crippen molar-refractivity contribution in [2.24, 2.45) is 0 Å². The third-order valence-electron chi connectivity index (χ3n) is 4.38. The van der Waals surface area contributed by atoms with Crippen LogP contribution in [0, 0.1) is 10.1 Å². The summed E-state index contributed by atoms with van der Waals surface area (Å²) in [5.74, 6) is 1.35. The van der Waals surface area contributed by atoms with Gasteiger partial charge in [-0.3, -0.25) is 10.1 Å². The van der Waals surface area contributed by atoms with Crippen LogP contribution < -0.4 is 14.8 Å². The first-order valence-corrected chi connectivity index (χ1v) is 10.1. The maximum absolute atomic E-state index is 11.2. The van der Waals surface area contributed by atoms with E-state index in [2.05, 4.69) is 5.32 Å². The van der Waals surface area contributed by atoms with Gasteiger partial charge in [0.15, 0.2) is 16.6 Å². The first-order valence-electron chi connectivity index (χ1n) is 9.25. The predicted octanol–water partition coefficient (Wildman–Crippen LogP) is 4.41. The van der Waals surface area contributed by atoms with E-state index in [1.54, 1.807) is 37.7 Å². The highest BCUT2D eigenvalue weighted by Crippen LogP contribution is 2.34. The van der Waals surface area contributed by atoms with Gasteiger partial charge in [-0.25, -0.2) is 4.98 Å². The zero-order chi connectivity index (χ0) is 21.7. The van der Waals surface area contributed by atoms with Crippen LogP contribution in [-0.4, -0.2) is 43.1 Å². The van der Waals surface area contributed by atoms with E-state index in [9.17, 15) is 10.1 Å². The van der Waals surface area contributed by atoms with Crippen molar-refractivity contribution in [3.8, 4) is 22.8 Å². The number of nitro groups is 1. The molecular formula is C21H24N4O4S. The van der Waals surface area contributed by atoms with Crippen molar-refractivity contribution in [3.63, 3.8) is 0 Å². The number of aromatic nitrogens is 1. The Bertz CT molecular complexity index is 1040. The third-order valence-corrected chi connectivity index (χ3v) is 5.38. The average Bonchev–Trinajstić information content (AvgIpc) is 3.14. The standard InChI is InChI=1S/C21H24N4O4S/c1-24(2)13-19-20(15-6-5-7-16(11-15)25(26)27)23-21(30-19)22-12-14-8-9-17(28-3)18(10-14)29-4/h5-11H,12-13H2,1-4H3,(H,22,23). The molecule has 9 heteroatoms. The summed E-state index contributed by atoms with van der Waals surface area (Å²) in [4.78, 5) is 18.6. The minimum absolute atomic E-state index is 0.0520. The van der Waals surface area contributed by atoms with Crippen LogP contribution in [0.2, 0.25) is 0 Å². The Balaban J connectivity index is 1.86. The van der Waals surface area contributed by atoms with Gasteiger partial charge >= 0.3 is 0 Å². The minimum atomic E-state index is -0.391. The minimum Gasteiger partial charge on any atom is -0.493 e. The molecule has 0 aliphatic rings. The van der Waals surface area contributed by atoms with E-state index >= 15 is 0 Å². The van der Waals surface area contributed by atoms with Crippen molar-refractivity contribution < 1.29 is 14.4 Å². The van der Waals surface area contributed by atoms with Crippen LogP contribution in [0.15, 0.2) is 42.5 Å². The average molecular weight is 429 g/mol. The lowest BCUT2D eigenvalue weighted by atomic mass is 10.1. The van der Waals surface area contributed by atoms with E-state index in [0.29, 0.717) is 24.6 Å². The maximum Gasteiger partial charge on any atom is 0.270 e. The van der Waals surface area contributed by atoms with Crippen molar-refractivity contribution in [2.75, 3.05) is 33.6 Å². The van der Waals surface area contributed by atoms with Crippen LogP contribution >= 0.6 is 11.3 Å². The Morgan fingerprint density at radius 1 is 1.13 bits per heavy atom. The molecule has 0 radical (unpaired) electrons. The number of nitrogens with zero attached hydrogens (tertiary/aromatic N) is 3. The molecule has 0 saturated carbocycles. The molecule has 0 atom stereocenters. The van der Waals surface area contributed by atoms with Crippen LogP contribution in [0.25, 0.3) is 11.3 Å². The van der Waals surface area contributed by atoms with Gasteiger partial charge in [-0.1, -0.05) is 18.2 Å². The highest BCUT2D eigenvalue weighted by atomic mass is 32.1. The Morgan fingerprint density at radius 3 is 2.57 bits per heavy atom. The summed E-state index contributed by atoms with van der Waals surface area (Å²) in [6, 6.07) is 12.3. The molecule has 0 saturated heterocycles. The lowest BCUT2D eigenvalue weighted by molar-refractivity contribution is -0.384. The van der Waals surface area contributed by atoms with E-state index < -0.39 is 4.92 Å². The number of rotatable bonds is 9. The van der Waals surface area contributed by atoms with Crippen molar-refractivity contribution >= 4 is 22.2 Å². The van der Waals surface area contributed by atoms with E-state index in [-0.39, 0.29) is 5.69 Å². The molecule has 0 unspecified atom stereocenters. The van der Waals surface area contributed by atoms with Crippen molar-refractivity contribution in [1.82, 2.24) is 9.88 Å². The maximum atomic E-state index is 11.2. The molecule has 2 aromatic carbocycles. The fourth-order valence-electron chi connectivity index (χ4n) is 2.98. The SMILES string of the molecule is COc1ccc(CNc2nc(-c3cccc([N+](=O)[O-])c3)c(CN(C)C)s2)cc1OC. The third kappa shape index (κ3) is 5.05. The molecule has 3 aromatic rings. The molecule has 0 bridgehead atoms. The van der Waals surface area contributed by atoms with Gasteiger partial charge in [0.25, 0.3) is 5.69 Å². The fraction of sp³-hybridized carbons (Fsp3) is 0.286. The van der Waals surface area contributed by atoms with Gasteiger partial charge in [-0.15, -0.1) is 11.3 Å². The zero-order valence-corrected chi connectivity index (χ0v) is 18.2. The van der Waals surface area contributed by atoms with Crippen molar-refractivity contribution in [2.45, 2.75) is 13.1 Å². The Hall–Kier alpha value is -3.17. The molecule has 0 aliphatic heterocycles. The van der Waals surface area contributed by atoms with Gasteiger partial charge in [0.1, 0.15) is 0 Å². The smallest absolute Gasteiger partial charge is 0.270 e. The van der Waals surface area contributed by atoms with Crippen molar-refractivity contribution in [1.29, 1.82) is 0 Å². The monoisotopic (exact) mass is 428 g/mol. The Labute approximate surface area is 179 Å². The normalized spacial score (nSPS) is 10.8. The van der Waals surface area contributed by atoms with Gasteiger partial charge in [-0.05, 0) is 31.8 Å². The summed E-state index contributed by atoms with van der Waals surface area (Å²) >= 11 is 1.54. The number of anilines is 1. The summed E-state index contributed by atoms with van der Waals surface area (Å²) in [5, 5.41) is 15.3. The number of hydrogen-bond donors (Lipinski definition) is 1. The number of nitro benzene ring substituents is 1. The molecule has 1 heterocycles. The molecule has 8 nitrogen and oxygen atoms in total. The molecule has 0 fully saturated rings. The van der Waals surface area contributed by atoms with E-state index in [4.69, 9.17) is 14.5 Å². The molecule has 0 spiro atoms. The number of non-ortho nitro benzene ring substituents is 1. The summed E-state index contributed by atoms with van der Waals surface area (Å²) in [6.07, 6.45) is 0. The molecule has 0 aliphatic carbocycles. The summed E-state index contributed by atoms with van der Waals surface area (Å²) in [5.41, 5.74) is 2.56. The second-order valence-electron chi connectivity index (χ2n) is 6.88. The van der Waals surface area contributed by atoms with Gasteiger partial charge in [0, 0.05) is 35.7 Å². The molecule has 30 heavy (non-hydrogen) atoms. The second-order valence-corrected chi connectivity index (χ2v) is 7.96. The van der Waals surface area contributed by atoms with Gasteiger partial charge in [0.2, 0.25) is 0 Å². The summed E-state index contributed by atoms with van der Waals surface area (Å²) in [7, 11) is 7.17. The highest BCUT2D eigenvalue weighted by molar-refractivity contribution is 7.16. The van der Waals surface area contributed by atoms with E-state index in [1.165, 1.54) is 6.07 Å². The highest BCUT2D eigenvalue weighted by Gasteiger charge is 2.16. The Morgan fingerprint density at radius 2 is 1.90 bits per heavy atom. The number of ether oxygens (including phenoxy) is 2. The number of benzene rings is 2. The van der Waals surface area contributed by atoms with Crippen LogP contribution in [0.3, 0.4) is 0 Å². The fourth-order valence-corrected chi connectivity index (χ4v) is 4.08. The Kier molecular flexibility index (Phi) is 6.86. The number of nitrogens with one attached hydrogen (secondary N) is 1. The first kappa shape index (κ1) is 21.5. The molecule has 158 valence electrons. The van der Waals surface area contributed by atoms with Crippen LogP contribution in [-0.2, 0) is 13.1 Å².